The van der Waals surface area contributed by atoms with Crippen LogP contribution in [0.2, 0.25) is 0 Å². The third-order valence-corrected chi connectivity index (χ3v) is 6.80. The molecule has 3 aromatic carbocycles. The molecule has 1 aliphatic heterocycles. The number of hydrogen-bond donors (Lipinski definition) is 1. The SMILES string of the molecule is COc1cc(C2CCCN(CCF)C2)cc(OC)c1-c1cccc2c(CCC(=O)O)cccc12. The summed E-state index contributed by atoms with van der Waals surface area (Å²) in [6.45, 7) is 1.92. The van der Waals surface area contributed by atoms with Gasteiger partial charge in [-0.15, -0.1) is 0 Å². The Bertz CT molecular complexity index is 1140. The number of nitrogens with zero attached hydrogens (tertiary/aromatic N) is 1. The number of halogens is 1. The van der Waals surface area contributed by atoms with E-state index in [9.17, 15) is 9.18 Å². The van der Waals surface area contributed by atoms with Crippen LogP contribution in [0.4, 0.5) is 4.39 Å². The maximum atomic E-state index is 12.9. The van der Waals surface area contributed by atoms with Gasteiger partial charge in [0, 0.05) is 19.5 Å². The van der Waals surface area contributed by atoms with Crippen LogP contribution in [0.15, 0.2) is 48.5 Å². The number of aliphatic carboxylic acids is 1. The van der Waals surface area contributed by atoms with Crippen molar-refractivity contribution in [1.82, 2.24) is 4.90 Å². The quantitative estimate of drug-likeness (QED) is 0.440. The fraction of sp³-hybridized carbons (Fsp3) is 0.393. The van der Waals surface area contributed by atoms with E-state index >= 15 is 0 Å². The minimum absolute atomic E-state index is 0.0888. The molecule has 1 N–H and O–H groups in total. The average molecular weight is 466 g/mol. The van der Waals surface area contributed by atoms with Crippen LogP contribution in [0, 0.1) is 0 Å². The molecule has 6 heteroatoms. The van der Waals surface area contributed by atoms with Crippen molar-refractivity contribution < 1.29 is 23.8 Å². The van der Waals surface area contributed by atoms with Gasteiger partial charge in [0.1, 0.15) is 18.2 Å². The van der Waals surface area contributed by atoms with Crippen molar-refractivity contribution in [2.24, 2.45) is 0 Å². The number of carbonyl (C=O) groups is 1. The third kappa shape index (κ3) is 5.02. The summed E-state index contributed by atoms with van der Waals surface area (Å²) in [5, 5.41) is 11.2. The summed E-state index contributed by atoms with van der Waals surface area (Å²) < 4.78 is 24.7. The van der Waals surface area contributed by atoms with Gasteiger partial charge in [-0.25, -0.2) is 4.39 Å². The standard InChI is InChI=1S/C28H32FNO4/c1-33-25-16-21(20-7-5-14-30(18-20)15-13-29)17-26(34-2)28(25)24-10-4-8-22-19(11-12-27(31)32)6-3-9-23(22)24/h3-4,6,8-10,16-17,20H,5,7,11-15,18H2,1-2H3,(H,31,32). The molecule has 1 heterocycles. The van der Waals surface area contributed by atoms with E-state index < -0.39 is 5.97 Å². The fourth-order valence-corrected chi connectivity index (χ4v) is 5.14. The Morgan fingerprint density at radius 2 is 1.79 bits per heavy atom. The van der Waals surface area contributed by atoms with Crippen molar-refractivity contribution in [3.63, 3.8) is 0 Å². The lowest BCUT2D eigenvalue weighted by Gasteiger charge is -2.32. The van der Waals surface area contributed by atoms with Gasteiger partial charge in [-0.2, -0.15) is 0 Å². The molecule has 1 aliphatic rings. The minimum atomic E-state index is -0.806. The van der Waals surface area contributed by atoms with Gasteiger partial charge in [-0.1, -0.05) is 36.4 Å². The molecular weight excluding hydrogens is 433 g/mol. The zero-order chi connectivity index (χ0) is 24.1. The van der Waals surface area contributed by atoms with E-state index in [4.69, 9.17) is 14.6 Å². The number of ether oxygens (including phenoxy) is 2. The van der Waals surface area contributed by atoms with Crippen LogP contribution in [0.25, 0.3) is 21.9 Å². The first-order chi connectivity index (χ1) is 16.5. The molecule has 1 fully saturated rings. The van der Waals surface area contributed by atoms with Gasteiger partial charge in [-0.3, -0.25) is 4.79 Å². The number of likely N-dealkylation sites (tertiary alicyclic amines) is 1. The van der Waals surface area contributed by atoms with E-state index in [-0.39, 0.29) is 13.1 Å². The molecular formula is C28H32FNO4. The predicted molar refractivity (Wildman–Crippen MR) is 133 cm³/mol. The van der Waals surface area contributed by atoms with Crippen LogP contribution >= 0.6 is 0 Å². The maximum Gasteiger partial charge on any atom is 0.303 e. The van der Waals surface area contributed by atoms with Gasteiger partial charge in [0.25, 0.3) is 0 Å². The van der Waals surface area contributed by atoms with Crippen molar-refractivity contribution in [2.75, 3.05) is 40.5 Å². The topological polar surface area (TPSA) is 59.0 Å². The van der Waals surface area contributed by atoms with E-state index in [1.165, 1.54) is 0 Å². The Balaban J connectivity index is 1.79. The molecule has 0 aliphatic carbocycles. The van der Waals surface area contributed by atoms with Crippen LogP contribution in [0.1, 0.15) is 36.3 Å². The second kappa shape index (κ2) is 10.9. The van der Waals surface area contributed by atoms with Crippen LogP contribution < -0.4 is 9.47 Å². The second-order valence-electron chi connectivity index (χ2n) is 8.84. The lowest BCUT2D eigenvalue weighted by atomic mass is 9.87. The zero-order valence-electron chi connectivity index (χ0n) is 19.9. The largest absolute Gasteiger partial charge is 0.496 e. The highest BCUT2D eigenvalue weighted by molar-refractivity contribution is 6.01. The predicted octanol–water partition coefficient (Wildman–Crippen LogP) is 5.69. The number of aryl methyl sites for hydroxylation is 1. The summed E-state index contributed by atoms with van der Waals surface area (Å²) in [6.07, 6.45) is 2.65. The molecule has 34 heavy (non-hydrogen) atoms. The van der Waals surface area contributed by atoms with Crippen LogP contribution in [0.5, 0.6) is 11.5 Å². The first-order valence-electron chi connectivity index (χ1n) is 11.8. The molecule has 1 saturated heterocycles. The summed E-state index contributed by atoms with van der Waals surface area (Å²) in [5.74, 6) is 0.966. The number of piperidine rings is 1. The summed E-state index contributed by atoms with van der Waals surface area (Å²) in [5.41, 5.74) is 4.01. The lowest BCUT2D eigenvalue weighted by Crippen LogP contribution is -2.35. The molecule has 180 valence electrons. The van der Waals surface area contributed by atoms with Gasteiger partial charge >= 0.3 is 5.97 Å². The van der Waals surface area contributed by atoms with E-state index in [0.717, 1.165) is 70.5 Å². The number of carboxylic acid groups (broad SMARTS) is 1. The molecule has 0 radical (unpaired) electrons. The molecule has 0 bridgehead atoms. The van der Waals surface area contributed by atoms with Crippen LogP contribution in [-0.2, 0) is 11.2 Å². The van der Waals surface area contributed by atoms with E-state index in [0.29, 0.717) is 18.9 Å². The Morgan fingerprint density at radius 3 is 2.47 bits per heavy atom. The fourth-order valence-electron chi connectivity index (χ4n) is 5.14. The lowest BCUT2D eigenvalue weighted by molar-refractivity contribution is -0.136. The van der Waals surface area contributed by atoms with Gasteiger partial charge in [0.2, 0.25) is 0 Å². The summed E-state index contributed by atoms with van der Waals surface area (Å²) in [4.78, 5) is 13.3. The van der Waals surface area contributed by atoms with Crippen molar-refractivity contribution in [1.29, 1.82) is 0 Å². The first kappa shape index (κ1) is 24.0. The molecule has 0 aromatic heterocycles. The van der Waals surface area contributed by atoms with Crippen molar-refractivity contribution in [3.05, 3.63) is 59.7 Å². The molecule has 0 saturated carbocycles. The number of alkyl halides is 1. The van der Waals surface area contributed by atoms with Crippen molar-refractivity contribution in [2.45, 2.75) is 31.6 Å². The molecule has 1 unspecified atom stereocenters. The Kier molecular flexibility index (Phi) is 7.68. The average Bonchev–Trinajstić information content (AvgIpc) is 2.86. The number of benzene rings is 3. The minimum Gasteiger partial charge on any atom is -0.496 e. The van der Waals surface area contributed by atoms with Gasteiger partial charge in [0.05, 0.1) is 19.8 Å². The number of rotatable bonds is 9. The van der Waals surface area contributed by atoms with Gasteiger partial charge < -0.3 is 19.5 Å². The molecule has 3 aromatic rings. The molecule has 0 amide bonds. The Morgan fingerprint density at radius 1 is 1.09 bits per heavy atom. The Labute approximate surface area is 200 Å². The number of fused-ring (bicyclic) bond motifs is 1. The maximum absolute atomic E-state index is 12.9. The number of carboxylic acids is 1. The smallest absolute Gasteiger partial charge is 0.303 e. The van der Waals surface area contributed by atoms with E-state index in [1.54, 1.807) is 14.2 Å². The highest BCUT2D eigenvalue weighted by Crippen LogP contribution is 2.45. The number of methoxy groups -OCH3 is 2. The first-order valence-corrected chi connectivity index (χ1v) is 11.8. The van der Waals surface area contributed by atoms with E-state index in [1.807, 2.05) is 30.3 Å². The van der Waals surface area contributed by atoms with E-state index in [2.05, 4.69) is 23.1 Å². The highest BCUT2D eigenvalue weighted by atomic mass is 19.1. The van der Waals surface area contributed by atoms with Gasteiger partial charge in [0.15, 0.2) is 0 Å². The zero-order valence-corrected chi connectivity index (χ0v) is 19.9. The normalized spacial score (nSPS) is 16.5. The Hall–Kier alpha value is -3.12. The molecule has 4 rings (SSSR count). The van der Waals surface area contributed by atoms with Crippen LogP contribution in [0.3, 0.4) is 0 Å². The third-order valence-electron chi connectivity index (χ3n) is 6.80. The summed E-state index contributed by atoms with van der Waals surface area (Å²) in [7, 11) is 3.34. The number of hydrogen-bond acceptors (Lipinski definition) is 4. The molecule has 5 nitrogen and oxygen atoms in total. The summed E-state index contributed by atoms with van der Waals surface area (Å²) >= 11 is 0. The van der Waals surface area contributed by atoms with Crippen molar-refractivity contribution in [3.8, 4) is 22.6 Å². The molecule has 0 spiro atoms. The van der Waals surface area contributed by atoms with Crippen LogP contribution in [-0.4, -0.2) is 56.5 Å². The highest BCUT2D eigenvalue weighted by Gasteiger charge is 2.25. The van der Waals surface area contributed by atoms with Crippen molar-refractivity contribution >= 4 is 16.7 Å². The van der Waals surface area contributed by atoms with Gasteiger partial charge in [-0.05, 0) is 71.3 Å². The molecule has 1 atom stereocenters. The second-order valence-corrected chi connectivity index (χ2v) is 8.84. The summed E-state index contributed by atoms with van der Waals surface area (Å²) in [6, 6.07) is 16.3. The monoisotopic (exact) mass is 465 g/mol.